The molecular weight excluding hydrogens is 360 g/mol. The third kappa shape index (κ3) is 3.43. The Kier molecular flexibility index (Phi) is 5.60. The van der Waals surface area contributed by atoms with E-state index in [-0.39, 0.29) is 6.29 Å². The average Bonchev–Trinajstić information content (AvgIpc) is 3.06. The second kappa shape index (κ2) is 7.93. The van der Waals surface area contributed by atoms with E-state index < -0.39 is 0 Å². The Labute approximate surface area is 177 Å². The molecule has 3 nitrogen and oxygen atoms in total. The monoisotopic (exact) mass is 402 g/mol. The van der Waals surface area contributed by atoms with E-state index in [0.717, 1.165) is 43.1 Å². The maximum Gasteiger partial charge on any atom is 0.157 e. The van der Waals surface area contributed by atoms with E-state index in [2.05, 4.69) is 13.8 Å². The van der Waals surface area contributed by atoms with Crippen LogP contribution in [0.1, 0.15) is 97.3 Å². The zero-order chi connectivity index (χ0) is 20.1. The summed E-state index contributed by atoms with van der Waals surface area (Å²) in [4.78, 5) is 11.3. The van der Waals surface area contributed by atoms with Gasteiger partial charge in [0.25, 0.3) is 0 Å². The van der Waals surface area contributed by atoms with E-state index >= 15 is 0 Å². The van der Waals surface area contributed by atoms with Gasteiger partial charge in [0.05, 0.1) is 6.10 Å². The lowest BCUT2D eigenvalue weighted by molar-refractivity contribution is -0.212. The molecule has 0 bridgehead atoms. The third-order valence-corrected chi connectivity index (χ3v) is 10.7. The molecule has 5 rings (SSSR count). The first-order chi connectivity index (χ1) is 14.0. The quantitative estimate of drug-likeness (QED) is 0.418. The first-order valence-electron chi connectivity index (χ1n) is 12.8. The molecule has 0 aromatic heterocycles. The van der Waals surface area contributed by atoms with Crippen molar-refractivity contribution in [1.29, 1.82) is 0 Å². The zero-order valence-electron chi connectivity index (χ0n) is 18.7. The number of aldehydes is 1. The van der Waals surface area contributed by atoms with Gasteiger partial charge in [0, 0.05) is 13.0 Å². The summed E-state index contributed by atoms with van der Waals surface area (Å²) in [5.74, 6) is 4.17. The van der Waals surface area contributed by atoms with E-state index in [1.165, 1.54) is 76.9 Å². The van der Waals surface area contributed by atoms with E-state index in [1.54, 1.807) is 0 Å². The van der Waals surface area contributed by atoms with Crippen LogP contribution in [-0.4, -0.2) is 25.3 Å². The van der Waals surface area contributed by atoms with Gasteiger partial charge in [-0.1, -0.05) is 13.8 Å². The zero-order valence-corrected chi connectivity index (χ0v) is 18.7. The Morgan fingerprint density at radius 1 is 0.931 bits per heavy atom. The van der Waals surface area contributed by atoms with Crippen molar-refractivity contribution >= 4 is 6.29 Å². The van der Waals surface area contributed by atoms with Gasteiger partial charge in [-0.25, -0.2) is 0 Å². The molecule has 29 heavy (non-hydrogen) atoms. The van der Waals surface area contributed by atoms with Crippen LogP contribution >= 0.6 is 0 Å². The molecule has 0 N–H and O–H groups in total. The molecule has 0 aromatic rings. The predicted molar refractivity (Wildman–Crippen MR) is 114 cm³/mol. The summed E-state index contributed by atoms with van der Waals surface area (Å²) in [7, 11) is 0. The average molecular weight is 403 g/mol. The highest BCUT2D eigenvalue weighted by Gasteiger charge is 2.60. The third-order valence-electron chi connectivity index (χ3n) is 10.7. The minimum atomic E-state index is 0.0677. The summed E-state index contributed by atoms with van der Waals surface area (Å²) >= 11 is 0. The predicted octanol–water partition coefficient (Wildman–Crippen LogP) is 6.15. The molecule has 0 spiro atoms. The van der Waals surface area contributed by atoms with Crippen LogP contribution in [0, 0.1) is 40.4 Å². The fourth-order valence-electron chi connectivity index (χ4n) is 8.99. The van der Waals surface area contributed by atoms with Crippen LogP contribution in [0.15, 0.2) is 0 Å². The molecule has 0 unspecified atom stereocenters. The SMILES string of the molecule is C[C@]12CC[C@@H](O[C@@H]3CCCCO3)C[C@@H]1CC[C@H]1[C@@H]2CC[C@]2(C)[C@@H](CC=O)CC[C@@H]12. The smallest absolute Gasteiger partial charge is 0.157 e. The van der Waals surface area contributed by atoms with Gasteiger partial charge in [0.1, 0.15) is 6.29 Å². The van der Waals surface area contributed by atoms with E-state index in [4.69, 9.17) is 9.47 Å². The molecule has 1 saturated heterocycles. The summed E-state index contributed by atoms with van der Waals surface area (Å²) in [6.45, 7) is 6.06. The van der Waals surface area contributed by atoms with Crippen molar-refractivity contribution in [2.45, 2.75) is 110 Å². The molecule has 9 atom stereocenters. The van der Waals surface area contributed by atoms with Gasteiger partial charge < -0.3 is 14.3 Å². The summed E-state index contributed by atoms with van der Waals surface area (Å²) < 4.78 is 12.3. The number of rotatable bonds is 4. The van der Waals surface area contributed by atoms with Crippen LogP contribution in [0.5, 0.6) is 0 Å². The minimum absolute atomic E-state index is 0.0677. The maximum absolute atomic E-state index is 11.3. The largest absolute Gasteiger partial charge is 0.353 e. The summed E-state index contributed by atoms with van der Waals surface area (Å²) in [5.41, 5.74) is 0.949. The number of hydrogen-bond acceptors (Lipinski definition) is 3. The van der Waals surface area contributed by atoms with Crippen LogP contribution < -0.4 is 0 Å². The van der Waals surface area contributed by atoms with Crippen LogP contribution in [0.3, 0.4) is 0 Å². The molecule has 1 heterocycles. The number of fused-ring (bicyclic) bond motifs is 5. The van der Waals surface area contributed by atoms with Gasteiger partial charge in [-0.2, -0.15) is 0 Å². The van der Waals surface area contributed by atoms with Crippen molar-refractivity contribution in [2.24, 2.45) is 40.4 Å². The van der Waals surface area contributed by atoms with Crippen LogP contribution in [0.4, 0.5) is 0 Å². The molecule has 3 heteroatoms. The molecule has 0 amide bonds. The molecule has 0 aromatic carbocycles. The van der Waals surface area contributed by atoms with Gasteiger partial charge in [-0.05, 0) is 117 Å². The first kappa shape index (κ1) is 20.5. The van der Waals surface area contributed by atoms with Crippen LogP contribution in [0.2, 0.25) is 0 Å². The molecule has 1 aliphatic heterocycles. The van der Waals surface area contributed by atoms with E-state index in [1.807, 2.05) is 0 Å². The second-order valence-electron chi connectivity index (χ2n) is 11.7. The van der Waals surface area contributed by atoms with Crippen molar-refractivity contribution < 1.29 is 14.3 Å². The van der Waals surface area contributed by atoms with Crippen molar-refractivity contribution in [3.8, 4) is 0 Å². The fraction of sp³-hybridized carbons (Fsp3) is 0.962. The highest BCUT2D eigenvalue weighted by Crippen LogP contribution is 2.67. The Hall–Kier alpha value is -0.410. The number of carbonyl (C=O) groups is 1. The topological polar surface area (TPSA) is 35.5 Å². The van der Waals surface area contributed by atoms with Gasteiger partial charge in [-0.3, -0.25) is 0 Å². The van der Waals surface area contributed by atoms with Gasteiger partial charge in [-0.15, -0.1) is 0 Å². The lowest BCUT2D eigenvalue weighted by Crippen LogP contribution is -2.54. The molecule has 4 aliphatic carbocycles. The summed E-state index contributed by atoms with van der Waals surface area (Å²) in [6, 6.07) is 0. The Morgan fingerprint density at radius 2 is 1.76 bits per heavy atom. The van der Waals surface area contributed by atoms with Gasteiger partial charge in [0.15, 0.2) is 6.29 Å². The lowest BCUT2D eigenvalue weighted by Gasteiger charge is -2.61. The van der Waals surface area contributed by atoms with Crippen LogP contribution in [-0.2, 0) is 14.3 Å². The number of carbonyl (C=O) groups excluding carboxylic acids is 1. The standard InChI is InChI=1S/C26H42O3/c1-25-14-11-23-21(22(25)9-7-18(25)12-15-27)8-6-19-17-20(10-13-26(19,23)2)29-24-5-3-4-16-28-24/h15,18-24H,3-14,16-17H2,1-2H3/t18-,19+,20-,21-,22+,23+,24-,25-,26+/m1/s1. The van der Waals surface area contributed by atoms with Gasteiger partial charge in [0.2, 0.25) is 0 Å². The molecule has 0 radical (unpaired) electrons. The Morgan fingerprint density at radius 3 is 2.55 bits per heavy atom. The number of ether oxygens (including phenoxy) is 2. The Balaban J connectivity index is 1.27. The van der Waals surface area contributed by atoms with E-state index in [0.29, 0.717) is 22.9 Å². The van der Waals surface area contributed by atoms with Crippen molar-refractivity contribution in [3.05, 3.63) is 0 Å². The van der Waals surface area contributed by atoms with Crippen molar-refractivity contribution in [1.82, 2.24) is 0 Å². The van der Waals surface area contributed by atoms with Crippen molar-refractivity contribution in [3.63, 3.8) is 0 Å². The molecule has 5 fully saturated rings. The number of hydrogen-bond donors (Lipinski definition) is 0. The van der Waals surface area contributed by atoms with E-state index in [9.17, 15) is 4.79 Å². The second-order valence-corrected chi connectivity index (χ2v) is 11.7. The summed E-state index contributed by atoms with van der Waals surface area (Å²) in [5, 5.41) is 0. The minimum Gasteiger partial charge on any atom is -0.353 e. The normalized spacial score (nSPS) is 52.3. The molecule has 5 aliphatic rings. The van der Waals surface area contributed by atoms with Gasteiger partial charge >= 0.3 is 0 Å². The molecule has 164 valence electrons. The van der Waals surface area contributed by atoms with Crippen LogP contribution in [0.25, 0.3) is 0 Å². The Bertz CT molecular complexity index is 599. The summed E-state index contributed by atoms with van der Waals surface area (Å²) in [6.07, 6.45) is 18.1. The molecular formula is C26H42O3. The lowest BCUT2D eigenvalue weighted by atomic mass is 9.44. The fourth-order valence-corrected chi connectivity index (χ4v) is 8.99. The highest BCUT2D eigenvalue weighted by atomic mass is 16.7. The highest BCUT2D eigenvalue weighted by molar-refractivity contribution is 5.50. The maximum atomic E-state index is 11.3. The molecule has 4 saturated carbocycles. The van der Waals surface area contributed by atoms with Crippen molar-refractivity contribution in [2.75, 3.05) is 6.61 Å². The first-order valence-corrected chi connectivity index (χ1v) is 12.8.